The molecule has 9 nitrogen and oxygen atoms in total. The molecule has 4 N–H and O–H groups in total. The highest BCUT2D eigenvalue weighted by molar-refractivity contribution is 6.28. The fourth-order valence-electron chi connectivity index (χ4n) is 7.58. The van der Waals surface area contributed by atoms with Gasteiger partial charge in [0.15, 0.2) is 0 Å². The molecular formula is C29H54ClN7O2. The standard InChI is InChI=1S/C29H54ClN7O2/c1-26(2)15-19(16-27(3,4)36-26)21(38-9)11-13-31-24-33-23(30)34-25(35-24)32-14-12-22(39-10)20-17-28(5,6)37-29(7,8)18-20/h19-22,36-37H,11-18H2,1-10H3,(H2,31,32,33,34,35). The van der Waals surface area contributed by atoms with E-state index < -0.39 is 0 Å². The van der Waals surface area contributed by atoms with Crippen LogP contribution in [0.1, 0.15) is 93.9 Å². The molecule has 0 radical (unpaired) electrons. The summed E-state index contributed by atoms with van der Waals surface area (Å²) in [4.78, 5) is 13.1. The van der Waals surface area contributed by atoms with Gasteiger partial charge in [0.2, 0.25) is 17.2 Å². The van der Waals surface area contributed by atoms with Crippen LogP contribution in [0.3, 0.4) is 0 Å². The summed E-state index contributed by atoms with van der Waals surface area (Å²) in [6.45, 7) is 19.6. The maximum atomic E-state index is 6.25. The summed E-state index contributed by atoms with van der Waals surface area (Å²) < 4.78 is 11.9. The molecule has 2 atom stereocenters. The van der Waals surface area contributed by atoms with Crippen molar-refractivity contribution in [3.63, 3.8) is 0 Å². The molecule has 1 aromatic heterocycles. The van der Waals surface area contributed by atoms with Crippen LogP contribution >= 0.6 is 11.6 Å². The third kappa shape index (κ3) is 9.95. The van der Waals surface area contributed by atoms with Crippen LogP contribution in [0.2, 0.25) is 5.28 Å². The van der Waals surface area contributed by atoms with E-state index in [-0.39, 0.29) is 39.6 Å². The molecule has 224 valence electrons. The summed E-state index contributed by atoms with van der Waals surface area (Å²) in [5.74, 6) is 1.91. The molecule has 10 heteroatoms. The van der Waals surface area contributed by atoms with Gasteiger partial charge in [0.1, 0.15) is 0 Å². The first-order valence-corrected chi connectivity index (χ1v) is 14.9. The molecule has 0 saturated carbocycles. The molecule has 3 rings (SSSR count). The molecule has 0 amide bonds. The number of anilines is 2. The van der Waals surface area contributed by atoms with Crippen molar-refractivity contribution in [1.29, 1.82) is 0 Å². The van der Waals surface area contributed by atoms with Gasteiger partial charge in [-0.15, -0.1) is 0 Å². The van der Waals surface area contributed by atoms with Crippen molar-refractivity contribution in [2.24, 2.45) is 11.8 Å². The van der Waals surface area contributed by atoms with E-state index in [1.807, 2.05) is 14.2 Å². The van der Waals surface area contributed by atoms with Gasteiger partial charge < -0.3 is 30.7 Å². The predicted octanol–water partition coefficient (Wildman–Crippen LogP) is 5.27. The molecule has 39 heavy (non-hydrogen) atoms. The van der Waals surface area contributed by atoms with Crippen molar-refractivity contribution >= 4 is 23.5 Å². The lowest BCUT2D eigenvalue weighted by atomic mass is 9.73. The minimum atomic E-state index is 0.0844. The second-order valence-corrected chi connectivity index (χ2v) is 14.7. The lowest BCUT2D eigenvalue weighted by Crippen LogP contribution is -2.59. The summed E-state index contributed by atoms with van der Waals surface area (Å²) in [6, 6.07) is 0. The fraction of sp³-hybridized carbons (Fsp3) is 0.897. The number of hydrogen-bond donors (Lipinski definition) is 4. The molecule has 3 heterocycles. The lowest BCUT2D eigenvalue weighted by molar-refractivity contribution is -0.00439. The minimum absolute atomic E-state index is 0.0844. The Morgan fingerprint density at radius 3 is 1.33 bits per heavy atom. The molecular weight excluding hydrogens is 514 g/mol. The van der Waals surface area contributed by atoms with Gasteiger partial charge in [-0.25, -0.2) is 0 Å². The van der Waals surface area contributed by atoms with E-state index >= 15 is 0 Å². The van der Waals surface area contributed by atoms with Crippen LogP contribution < -0.4 is 21.3 Å². The number of nitrogens with zero attached hydrogens (tertiary/aromatic N) is 3. The number of halogens is 1. The Morgan fingerprint density at radius 1 is 0.692 bits per heavy atom. The summed E-state index contributed by atoms with van der Waals surface area (Å²) in [6.07, 6.45) is 6.35. The second-order valence-electron chi connectivity index (χ2n) is 14.4. The first kappa shape index (κ1) is 32.3. The highest BCUT2D eigenvalue weighted by Crippen LogP contribution is 2.37. The number of rotatable bonds is 12. The summed E-state index contributed by atoms with van der Waals surface area (Å²) >= 11 is 6.25. The molecule has 0 aliphatic carbocycles. The number of aromatic nitrogens is 3. The zero-order valence-corrected chi connectivity index (χ0v) is 26.8. The van der Waals surface area contributed by atoms with Gasteiger partial charge in [0, 0.05) is 49.5 Å². The molecule has 2 unspecified atom stereocenters. The van der Waals surface area contributed by atoms with Gasteiger partial charge in [-0.2, -0.15) is 15.0 Å². The number of hydrogen-bond acceptors (Lipinski definition) is 9. The molecule has 1 aromatic rings. The monoisotopic (exact) mass is 567 g/mol. The number of piperidine rings is 2. The zero-order valence-electron chi connectivity index (χ0n) is 26.0. The highest BCUT2D eigenvalue weighted by atomic mass is 35.5. The quantitative estimate of drug-likeness (QED) is 0.269. The average Bonchev–Trinajstić information content (AvgIpc) is 2.75. The predicted molar refractivity (Wildman–Crippen MR) is 161 cm³/mol. The van der Waals surface area contributed by atoms with Gasteiger partial charge in [0.25, 0.3) is 0 Å². The van der Waals surface area contributed by atoms with Gasteiger partial charge in [0.05, 0.1) is 12.2 Å². The van der Waals surface area contributed by atoms with Gasteiger partial charge in [-0.3, -0.25) is 0 Å². The molecule has 0 spiro atoms. The third-order valence-electron chi connectivity index (χ3n) is 8.13. The Labute approximate surface area is 241 Å². The van der Waals surface area contributed by atoms with Crippen molar-refractivity contribution in [1.82, 2.24) is 25.6 Å². The van der Waals surface area contributed by atoms with E-state index in [1.54, 1.807) is 0 Å². The van der Waals surface area contributed by atoms with Crippen LogP contribution in [0, 0.1) is 11.8 Å². The first-order valence-electron chi connectivity index (χ1n) is 14.6. The molecule has 0 aromatic carbocycles. The van der Waals surface area contributed by atoms with E-state index in [0.29, 0.717) is 36.8 Å². The van der Waals surface area contributed by atoms with E-state index in [0.717, 1.165) is 38.5 Å². The molecule has 2 saturated heterocycles. The maximum Gasteiger partial charge on any atom is 0.228 e. The summed E-state index contributed by atoms with van der Waals surface area (Å²) in [7, 11) is 3.63. The lowest BCUT2D eigenvalue weighted by Gasteiger charge is -2.48. The van der Waals surface area contributed by atoms with Gasteiger partial charge in [-0.05, 0) is 117 Å². The van der Waals surface area contributed by atoms with Crippen LogP contribution in [0.25, 0.3) is 0 Å². The topological polar surface area (TPSA) is 105 Å². The van der Waals surface area contributed by atoms with Crippen LogP contribution in [-0.4, -0.2) is 76.6 Å². The van der Waals surface area contributed by atoms with Gasteiger partial charge >= 0.3 is 0 Å². The molecule has 2 aliphatic heterocycles. The molecule has 2 aliphatic rings. The van der Waals surface area contributed by atoms with Gasteiger partial charge in [-0.1, -0.05) is 0 Å². The number of nitrogens with one attached hydrogen (secondary N) is 4. The highest BCUT2D eigenvalue weighted by Gasteiger charge is 2.41. The molecule has 2 fully saturated rings. The number of ether oxygens (including phenoxy) is 2. The summed E-state index contributed by atoms with van der Waals surface area (Å²) in [5.41, 5.74) is 0.337. The number of methoxy groups -OCH3 is 2. The van der Waals surface area contributed by atoms with E-state index in [9.17, 15) is 0 Å². The summed E-state index contributed by atoms with van der Waals surface area (Å²) in [5, 5.41) is 14.4. The van der Waals surface area contributed by atoms with Crippen LogP contribution in [0.5, 0.6) is 0 Å². The first-order chi connectivity index (χ1) is 18.0. The SMILES string of the molecule is COC(CCNc1nc(Cl)nc(NCCC(OC)C2CC(C)(C)NC(C)(C)C2)n1)C1CC(C)(C)NC(C)(C)C1. The van der Waals surface area contributed by atoms with Crippen LogP contribution in [0.4, 0.5) is 11.9 Å². The Kier molecular flexibility index (Phi) is 10.5. The minimum Gasteiger partial charge on any atom is -0.381 e. The Morgan fingerprint density at radius 2 is 1.03 bits per heavy atom. The zero-order chi connectivity index (χ0) is 29.1. The van der Waals surface area contributed by atoms with Crippen molar-refractivity contribution in [3.05, 3.63) is 5.28 Å². The fourth-order valence-corrected chi connectivity index (χ4v) is 7.74. The largest absolute Gasteiger partial charge is 0.381 e. The second kappa shape index (κ2) is 12.7. The van der Waals surface area contributed by atoms with Crippen molar-refractivity contribution in [3.8, 4) is 0 Å². The van der Waals surface area contributed by atoms with E-state index in [2.05, 4.69) is 91.6 Å². The molecule has 0 bridgehead atoms. The Hall–Kier alpha value is -1.26. The Balaban J connectivity index is 1.52. The van der Waals surface area contributed by atoms with Crippen molar-refractivity contribution < 1.29 is 9.47 Å². The van der Waals surface area contributed by atoms with Crippen molar-refractivity contribution in [2.75, 3.05) is 37.9 Å². The van der Waals surface area contributed by atoms with Crippen molar-refractivity contribution in [2.45, 2.75) is 128 Å². The average molecular weight is 568 g/mol. The van der Waals surface area contributed by atoms with E-state index in [1.165, 1.54) is 0 Å². The normalized spacial score (nSPS) is 24.2. The smallest absolute Gasteiger partial charge is 0.228 e. The third-order valence-corrected chi connectivity index (χ3v) is 8.30. The van der Waals surface area contributed by atoms with E-state index in [4.69, 9.17) is 21.1 Å². The maximum absolute atomic E-state index is 6.25. The Bertz CT molecular complexity index is 838. The van der Waals surface area contributed by atoms with Crippen LogP contribution in [-0.2, 0) is 9.47 Å². The van der Waals surface area contributed by atoms with Crippen LogP contribution in [0.15, 0.2) is 0 Å².